The van der Waals surface area contributed by atoms with Crippen LogP contribution >= 0.6 is 0 Å². The number of carboxylic acids is 1. The highest BCUT2D eigenvalue weighted by Gasteiger charge is 2.10. The van der Waals surface area contributed by atoms with Gasteiger partial charge in [-0.15, -0.1) is 0 Å². The van der Waals surface area contributed by atoms with Gasteiger partial charge >= 0.3 is 0 Å². The Bertz CT molecular complexity index is 555. The maximum Gasteiger partial charge on any atom is 0.0986 e. The fourth-order valence-corrected chi connectivity index (χ4v) is 1.93. The molecular formula is C22H31O5-. The van der Waals surface area contributed by atoms with E-state index < -0.39 is 24.3 Å². The van der Waals surface area contributed by atoms with Gasteiger partial charge in [-0.1, -0.05) is 79.8 Å². The highest BCUT2D eigenvalue weighted by Crippen LogP contribution is 2.03. The minimum Gasteiger partial charge on any atom is -0.550 e. The monoisotopic (exact) mass is 375 g/mol. The molecular weight excluding hydrogens is 344 g/mol. The van der Waals surface area contributed by atoms with Crippen molar-refractivity contribution in [3.63, 3.8) is 0 Å². The Balaban J connectivity index is 4.06. The average molecular weight is 375 g/mol. The molecule has 0 aliphatic carbocycles. The van der Waals surface area contributed by atoms with E-state index in [1.54, 1.807) is 54.7 Å². The van der Waals surface area contributed by atoms with E-state index in [1.165, 1.54) is 6.08 Å². The normalized spacial score (nSPS) is 16.6. The Morgan fingerprint density at radius 1 is 0.852 bits per heavy atom. The van der Waals surface area contributed by atoms with Crippen molar-refractivity contribution in [3.05, 3.63) is 72.9 Å². The van der Waals surface area contributed by atoms with Gasteiger partial charge in [0, 0.05) is 5.97 Å². The third kappa shape index (κ3) is 17.0. The van der Waals surface area contributed by atoms with Gasteiger partial charge in [0.1, 0.15) is 0 Å². The zero-order valence-corrected chi connectivity index (χ0v) is 15.9. The second-order valence-electron chi connectivity index (χ2n) is 5.90. The largest absolute Gasteiger partial charge is 0.550 e. The summed E-state index contributed by atoms with van der Waals surface area (Å²) in [4.78, 5) is 10.2. The molecule has 0 radical (unpaired) electrons. The lowest BCUT2D eigenvalue weighted by molar-refractivity contribution is -0.305. The Labute approximate surface area is 162 Å². The summed E-state index contributed by atoms with van der Waals surface area (Å²) < 4.78 is 0. The maximum atomic E-state index is 10.2. The molecule has 0 aliphatic rings. The smallest absolute Gasteiger partial charge is 0.0986 e. The van der Waals surface area contributed by atoms with Gasteiger partial charge in [-0.3, -0.25) is 0 Å². The predicted molar refractivity (Wildman–Crippen MR) is 107 cm³/mol. The summed E-state index contributed by atoms with van der Waals surface area (Å²) in [5, 5.41) is 39.5. The first-order valence-electron chi connectivity index (χ1n) is 9.19. The first kappa shape index (κ1) is 24.8. The lowest BCUT2D eigenvalue weighted by Gasteiger charge is -2.11. The number of carbonyl (C=O) groups is 1. The summed E-state index contributed by atoms with van der Waals surface area (Å²) in [7, 11) is 0. The Morgan fingerprint density at radius 3 is 2.07 bits per heavy atom. The molecule has 0 aromatic rings. The summed E-state index contributed by atoms with van der Waals surface area (Å²) in [6.45, 7) is 2.04. The topological polar surface area (TPSA) is 101 Å². The molecule has 0 fully saturated rings. The van der Waals surface area contributed by atoms with Crippen LogP contribution in [0, 0.1) is 0 Å². The van der Waals surface area contributed by atoms with Crippen molar-refractivity contribution in [1.82, 2.24) is 0 Å². The van der Waals surface area contributed by atoms with Crippen molar-refractivity contribution in [2.24, 2.45) is 0 Å². The van der Waals surface area contributed by atoms with Crippen LogP contribution in [0.15, 0.2) is 72.9 Å². The summed E-state index contributed by atoms with van der Waals surface area (Å²) in [6, 6.07) is 0. The number of carbonyl (C=O) groups excluding carboxylic acids is 1. The number of aliphatic hydroxyl groups excluding tert-OH is 3. The van der Waals surface area contributed by atoms with Crippen molar-refractivity contribution >= 4 is 5.97 Å². The molecule has 0 rings (SSSR count). The van der Waals surface area contributed by atoms with Gasteiger partial charge in [0.15, 0.2) is 0 Å². The number of aliphatic hydroxyl groups is 3. The van der Waals surface area contributed by atoms with Crippen molar-refractivity contribution in [1.29, 1.82) is 0 Å². The SMILES string of the molecule is CC/C=C\C[C@H](O)/C=C/C=C\C=C\C=C\[C@@H](O)[C@@H](O)C/C=C\CCC(=O)[O-]. The Hall–Kier alpha value is -2.21. The summed E-state index contributed by atoms with van der Waals surface area (Å²) >= 11 is 0. The summed E-state index contributed by atoms with van der Waals surface area (Å²) in [5.41, 5.74) is 0. The third-order valence-corrected chi connectivity index (χ3v) is 3.43. The zero-order valence-electron chi connectivity index (χ0n) is 15.9. The van der Waals surface area contributed by atoms with Crippen LogP contribution in [0.4, 0.5) is 0 Å². The Kier molecular flexibility index (Phi) is 15.8. The quantitative estimate of drug-likeness (QED) is 0.319. The highest BCUT2D eigenvalue weighted by atomic mass is 16.4. The van der Waals surface area contributed by atoms with E-state index in [-0.39, 0.29) is 12.8 Å². The molecule has 0 heterocycles. The van der Waals surface area contributed by atoms with Gasteiger partial charge in [-0.25, -0.2) is 0 Å². The fourth-order valence-electron chi connectivity index (χ4n) is 1.93. The van der Waals surface area contributed by atoms with Crippen LogP contribution in [-0.2, 0) is 4.79 Å². The van der Waals surface area contributed by atoms with E-state index in [9.17, 15) is 25.2 Å². The van der Waals surface area contributed by atoms with Crippen molar-refractivity contribution in [2.75, 3.05) is 0 Å². The second kappa shape index (κ2) is 17.2. The molecule has 0 saturated heterocycles. The minimum absolute atomic E-state index is 0.0581. The molecule has 3 atom stereocenters. The van der Waals surface area contributed by atoms with Crippen LogP contribution in [0.1, 0.15) is 39.0 Å². The van der Waals surface area contributed by atoms with Crippen LogP contribution in [-0.4, -0.2) is 39.6 Å². The van der Waals surface area contributed by atoms with Gasteiger partial charge < -0.3 is 25.2 Å². The van der Waals surface area contributed by atoms with Crippen LogP contribution < -0.4 is 5.11 Å². The van der Waals surface area contributed by atoms with Gasteiger partial charge in [0.2, 0.25) is 0 Å². The van der Waals surface area contributed by atoms with Crippen LogP contribution in [0.25, 0.3) is 0 Å². The molecule has 0 aromatic heterocycles. The first-order chi connectivity index (χ1) is 13.0. The molecule has 0 amide bonds. The number of rotatable bonds is 14. The fraction of sp³-hybridized carbons (Fsp3) is 0.409. The Morgan fingerprint density at radius 2 is 1.44 bits per heavy atom. The van der Waals surface area contributed by atoms with Gasteiger partial charge in [-0.2, -0.15) is 0 Å². The van der Waals surface area contributed by atoms with E-state index >= 15 is 0 Å². The third-order valence-electron chi connectivity index (χ3n) is 3.43. The molecule has 0 spiro atoms. The number of hydrogen-bond donors (Lipinski definition) is 3. The molecule has 0 aliphatic heterocycles. The molecule has 0 unspecified atom stereocenters. The summed E-state index contributed by atoms with van der Waals surface area (Å²) in [5.74, 6) is -1.11. The van der Waals surface area contributed by atoms with E-state index in [0.29, 0.717) is 12.8 Å². The van der Waals surface area contributed by atoms with Crippen LogP contribution in [0.2, 0.25) is 0 Å². The second-order valence-corrected chi connectivity index (χ2v) is 5.90. The molecule has 150 valence electrons. The number of allylic oxidation sites excluding steroid dienone is 8. The molecule has 5 heteroatoms. The molecule has 3 N–H and O–H groups in total. The standard InChI is InChI=1S/C22H32O5/c1-2-3-9-14-19(23)15-10-6-4-5-7-11-16-20(24)21(25)17-12-8-13-18-22(26)27/h3-12,15-16,19-21,23-25H,2,13-14,17-18H2,1H3,(H,26,27)/p-1/b6-4-,7-5+,9-3-,12-8-,15-10+,16-11+/t19-,20+,21-/m0/s1. The van der Waals surface area contributed by atoms with Crippen LogP contribution in [0.5, 0.6) is 0 Å². The van der Waals surface area contributed by atoms with E-state index in [0.717, 1.165) is 6.42 Å². The first-order valence-corrected chi connectivity index (χ1v) is 9.19. The lowest BCUT2D eigenvalue weighted by atomic mass is 10.1. The summed E-state index contributed by atoms with van der Waals surface area (Å²) in [6.07, 6.45) is 20.5. The number of carboxylic acid groups (broad SMARTS) is 1. The van der Waals surface area contributed by atoms with Gasteiger partial charge in [0.05, 0.1) is 18.3 Å². The van der Waals surface area contributed by atoms with E-state index in [1.807, 2.05) is 19.1 Å². The molecule has 0 bridgehead atoms. The number of hydrogen-bond acceptors (Lipinski definition) is 5. The number of aliphatic carboxylic acids is 1. The highest BCUT2D eigenvalue weighted by molar-refractivity contribution is 5.64. The van der Waals surface area contributed by atoms with E-state index in [2.05, 4.69) is 0 Å². The zero-order chi connectivity index (χ0) is 20.3. The molecule has 5 nitrogen and oxygen atoms in total. The minimum atomic E-state index is -1.11. The van der Waals surface area contributed by atoms with Crippen molar-refractivity contribution in [3.8, 4) is 0 Å². The molecule has 0 aromatic carbocycles. The van der Waals surface area contributed by atoms with E-state index in [4.69, 9.17) is 0 Å². The lowest BCUT2D eigenvalue weighted by Crippen LogP contribution is -2.22. The predicted octanol–water partition coefficient (Wildman–Crippen LogP) is 2.13. The molecule has 27 heavy (non-hydrogen) atoms. The maximum absolute atomic E-state index is 10.2. The molecule has 0 saturated carbocycles. The average Bonchev–Trinajstić information content (AvgIpc) is 2.63. The van der Waals surface area contributed by atoms with Gasteiger partial charge in [0.25, 0.3) is 0 Å². The van der Waals surface area contributed by atoms with Gasteiger partial charge in [-0.05, 0) is 32.1 Å². The van der Waals surface area contributed by atoms with Crippen molar-refractivity contribution < 1.29 is 25.2 Å². The van der Waals surface area contributed by atoms with Crippen LogP contribution in [0.3, 0.4) is 0 Å². The van der Waals surface area contributed by atoms with Crippen molar-refractivity contribution in [2.45, 2.75) is 57.3 Å².